The van der Waals surface area contributed by atoms with E-state index >= 15 is 0 Å². The number of nitrogens with two attached hydrogens (primary N) is 1. The van der Waals surface area contributed by atoms with Crippen molar-refractivity contribution in [2.45, 2.75) is 26.3 Å². The Morgan fingerprint density at radius 1 is 1.15 bits per heavy atom. The first-order valence-electron chi connectivity index (χ1n) is 6.42. The van der Waals surface area contributed by atoms with Crippen LogP contribution in [0.3, 0.4) is 0 Å². The van der Waals surface area contributed by atoms with Crippen molar-refractivity contribution in [3.8, 4) is 0 Å². The molecule has 0 aliphatic carbocycles. The van der Waals surface area contributed by atoms with Crippen LogP contribution in [0, 0.1) is 5.82 Å². The molecule has 0 amide bonds. The molecule has 4 N–H and O–H groups in total. The summed E-state index contributed by atoms with van der Waals surface area (Å²) < 4.78 is 12.8. The van der Waals surface area contributed by atoms with Crippen LogP contribution in [0.4, 0.5) is 16.0 Å². The first kappa shape index (κ1) is 14.2. The molecule has 0 atom stereocenters. The Morgan fingerprint density at radius 3 is 2.40 bits per heavy atom. The molecule has 6 heteroatoms. The fourth-order valence-electron chi connectivity index (χ4n) is 1.68. The van der Waals surface area contributed by atoms with Gasteiger partial charge in [-0.15, -0.1) is 0 Å². The Kier molecular flexibility index (Phi) is 4.47. The quantitative estimate of drug-likeness (QED) is 0.577. The summed E-state index contributed by atoms with van der Waals surface area (Å²) in [5, 5.41) is 3.18. The highest BCUT2D eigenvalue weighted by Crippen LogP contribution is 2.17. The lowest BCUT2D eigenvalue weighted by molar-refractivity contribution is 0.627. The molecule has 1 aromatic carbocycles. The predicted molar refractivity (Wildman–Crippen MR) is 77.7 cm³/mol. The van der Waals surface area contributed by atoms with Crippen LogP contribution in [0.2, 0.25) is 0 Å². The Morgan fingerprint density at radius 2 is 1.80 bits per heavy atom. The fraction of sp³-hybridized carbons (Fsp3) is 0.286. The Balaban J connectivity index is 2.12. The molecule has 1 heterocycles. The van der Waals surface area contributed by atoms with Crippen molar-refractivity contribution in [1.82, 2.24) is 9.97 Å². The summed E-state index contributed by atoms with van der Waals surface area (Å²) in [4.78, 5) is 8.70. The highest BCUT2D eigenvalue weighted by atomic mass is 19.1. The van der Waals surface area contributed by atoms with Crippen molar-refractivity contribution in [1.29, 1.82) is 0 Å². The third-order valence-corrected chi connectivity index (χ3v) is 2.79. The number of nitrogens with zero attached hydrogens (tertiary/aromatic N) is 2. The number of benzene rings is 1. The first-order chi connectivity index (χ1) is 9.58. The van der Waals surface area contributed by atoms with Crippen LogP contribution in [0.5, 0.6) is 0 Å². The fourth-order valence-corrected chi connectivity index (χ4v) is 1.68. The lowest BCUT2D eigenvalue weighted by atomic mass is 10.2. The molecule has 2 aromatic rings. The van der Waals surface area contributed by atoms with E-state index in [4.69, 9.17) is 5.84 Å². The Hall–Kier alpha value is -2.21. The molecule has 20 heavy (non-hydrogen) atoms. The molecule has 0 radical (unpaired) electrons. The number of halogens is 1. The number of hydrogen-bond donors (Lipinski definition) is 3. The average molecular weight is 275 g/mol. The molecule has 0 bridgehead atoms. The van der Waals surface area contributed by atoms with Gasteiger partial charge >= 0.3 is 0 Å². The van der Waals surface area contributed by atoms with Crippen molar-refractivity contribution in [2.24, 2.45) is 5.84 Å². The van der Waals surface area contributed by atoms with Crippen LogP contribution in [-0.2, 0) is 6.54 Å². The van der Waals surface area contributed by atoms with Gasteiger partial charge < -0.3 is 10.7 Å². The number of nitrogen functional groups attached to an aromatic ring is 1. The molecular weight excluding hydrogens is 257 g/mol. The molecule has 0 spiro atoms. The third kappa shape index (κ3) is 3.64. The van der Waals surface area contributed by atoms with Crippen molar-refractivity contribution < 1.29 is 4.39 Å². The van der Waals surface area contributed by atoms with Crippen molar-refractivity contribution in [3.63, 3.8) is 0 Å². The van der Waals surface area contributed by atoms with Gasteiger partial charge in [-0.3, -0.25) is 0 Å². The molecule has 2 rings (SSSR count). The van der Waals surface area contributed by atoms with E-state index in [1.54, 1.807) is 18.2 Å². The van der Waals surface area contributed by atoms with Gasteiger partial charge in [0.05, 0.1) is 0 Å². The highest BCUT2D eigenvalue weighted by Gasteiger charge is 2.07. The van der Waals surface area contributed by atoms with Crippen molar-refractivity contribution in [3.05, 3.63) is 47.5 Å². The minimum absolute atomic E-state index is 0.203. The van der Waals surface area contributed by atoms with Gasteiger partial charge in [0, 0.05) is 18.5 Å². The van der Waals surface area contributed by atoms with Crippen molar-refractivity contribution >= 4 is 11.6 Å². The van der Waals surface area contributed by atoms with E-state index in [1.165, 1.54) is 12.1 Å². The SMILES string of the molecule is CC(C)c1nc(NN)cc(NCc2ccc(F)cc2)n1. The molecule has 0 aliphatic rings. The minimum Gasteiger partial charge on any atom is -0.366 e. The predicted octanol–water partition coefficient (Wildman–Crippen LogP) is 2.64. The normalized spacial score (nSPS) is 10.7. The maximum Gasteiger partial charge on any atom is 0.145 e. The van der Waals surface area contributed by atoms with Gasteiger partial charge in [0.2, 0.25) is 0 Å². The van der Waals surface area contributed by atoms with Crippen LogP contribution < -0.4 is 16.6 Å². The number of nitrogens with one attached hydrogen (secondary N) is 2. The van der Waals surface area contributed by atoms with E-state index in [9.17, 15) is 4.39 Å². The summed E-state index contributed by atoms with van der Waals surface area (Å²) in [7, 11) is 0. The van der Waals surface area contributed by atoms with Gasteiger partial charge in [0.1, 0.15) is 23.3 Å². The molecule has 0 saturated carbocycles. The maximum atomic E-state index is 12.8. The molecule has 0 aliphatic heterocycles. The summed E-state index contributed by atoms with van der Waals surface area (Å²) in [6, 6.07) is 8.06. The van der Waals surface area contributed by atoms with E-state index < -0.39 is 0 Å². The number of aromatic nitrogens is 2. The zero-order chi connectivity index (χ0) is 14.5. The topological polar surface area (TPSA) is 75.9 Å². The van der Waals surface area contributed by atoms with Gasteiger partial charge in [-0.1, -0.05) is 26.0 Å². The van der Waals surface area contributed by atoms with Crippen molar-refractivity contribution in [2.75, 3.05) is 10.7 Å². The molecule has 1 aromatic heterocycles. The maximum absolute atomic E-state index is 12.8. The van der Waals surface area contributed by atoms with Crippen LogP contribution in [-0.4, -0.2) is 9.97 Å². The number of hydrazine groups is 1. The van der Waals surface area contributed by atoms with E-state index in [0.717, 1.165) is 5.56 Å². The van der Waals surface area contributed by atoms with Crippen LogP contribution in [0.25, 0.3) is 0 Å². The van der Waals surface area contributed by atoms with E-state index in [-0.39, 0.29) is 11.7 Å². The summed E-state index contributed by atoms with van der Waals surface area (Å²) >= 11 is 0. The average Bonchev–Trinajstić information content (AvgIpc) is 2.46. The number of hydrogen-bond acceptors (Lipinski definition) is 5. The summed E-state index contributed by atoms with van der Waals surface area (Å²) in [6.07, 6.45) is 0. The van der Waals surface area contributed by atoms with E-state index in [1.807, 2.05) is 13.8 Å². The second-order valence-electron chi connectivity index (χ2n) is 4.78. The third-order valence-electron chi connectivity index (χ3n) is 2.79. The van der Waals surface area contributed by atoms with Gasteiger partial charge in [-0.2, -0.15) is 0 Å². The van der Waals surface area contributed by atoms with Gasteiger partial charge in [-0.05, 0) is 17.7 Å². The molecular formula is C14H18FN5. The lowest BCUT2D eigenvalue weighted by Crippen LogP contribution is -2.13. The molecule has 0 fully saturated rings. The zero-order valence-electron chi connectivity index (χ0n) is 11.5. The van der Waals surface area contributed by atoms with Crippen LogP contribution in [0.15, 0.2) is 30.3 Å². The van der Waals surface area contributed by atoms with Gasteiger partial charge in [0.25, 0.3) is 0 Å². The number of anilines is 2. The van der Waals surface area contributed by atoms with Gasteiger partial charge in [0.15, 0.2) is 0 Å². The number of rotatable bonds is 5. The van der Waals surface area contributed by atoms with E-state index in [0.29, 0.717) is 24.0 Å². The van der Waals surface area contributed by atoms with E-state index in [2.05, 4.69) is 20.7 Å². The second kappa shape index (κ2) is 6.29. The molecule has 0 unspecified atom stereocenters. The lowest BCUT2D eigenvalue weighted by Gasteiger charge is -2.11. The molecule has 0 saturated heterocycles. The monoisotopic (exact) mass is 275 g/mol. The molecule has 106 valence electrons. The molecule has 5 nitrogen and oxygen atoms in total. The Labute approximate surface area is 117 Å². The second-order valence-corrected chi connectivity index (χ2v) is 4.78. The smallest absolute Gasteiger partial charge is 0.145 e. The first-order valence-corrected chi connectivity index (χ1v) is 6.42. The highest BCUT2D eigenvalue weighted by molar-refractivity contribution is 5.47. The van der Waals surface area contributed by atoms with Crippen LogP contribution in [0.1, 0.15) is 31.2 Å². The summed E-state index contributed by atoms with van der Waals surface area (Å²) in [6.45, 7) is 4.58. The standard InChI is InChI=1S/C14H18FN5/c1-9(2)14-18-12(7-13(19-14)20-16)17-8-10-3-5-11(15)6-4-10/h3-7,9H,8,16H2,1-2H3,(H2,17,18,19,20). The van der Waals surface area contributed by atoms with Crippen LogP contribution >= 0.6 is 0 Å². The van der Waals surface area contributed by atoms with Gasteiger partial charge in [-0.25, -0.2) is 20.2 Å². The zero-order valence-corrected chi connectivity index (χ0v) is 11.5. The minimum atomic E-state index is -0.243. The summed E-state index contributed by atoms with van der Waals surface area (Å²) in [5.74, 6) is 7.31. The summed E-state index contributed by atoms with van der Waals surface area (Å²) in [5.41, 5.74) is 3.50. The largest absolute Gasteiger partial charge is 0.366 e. The Bertz CT molecular complexity index is 568.